The van der Waals surface area contributed by atoms with E-state index in [2.05, 4.69) is 44.8 Å². The van der Waals surface area contributed by atoms with Crippen LogP contribution in [0.3, 0.4) is 0 Å². The lowest BCUT2D eigenvalue weighted by atomic mass is 10.0. The van der Waals surface area contributed by atoms with Gasteiger partial charge in [0.25, 0.3) is 5.91 Å². The molecule has 1 aliphatic rings. The van der Waals surface area contributed by atoms with Gasteiger partial charge >= 0.3 is 0 Å². The molecule has 3 heterocycles. The predicted octanol–water partition coefficient (Wildman–Crippen LogP) is 5.72. The average molecular weight is 523 g/mol. The molecular formula is C22H24ClIN4O. The molecule has 1 unspecified atom stereocenters. The third-order valence-corrected chi connectivity index (χ3v) is 6.00. The van der Waals surface area contributed by atoms with Gasteiger partial charge in [0.2, 0.25) is 0 Å². The van der Waals surface area contributed by atoms with E-state index < -0.39 is 0 Å². The first-order valence-electron chi connectivity index (χ1n) is 9.63. The third-order valence-electron chi connectivity index (χ3n) is 5.28. The largest absolute Gasteiger partial charge is 0.354 e. The van der Waals surface area contributed by atoms with Crippen LogP contribution in [0.5, 0.6) is 0 Å². The number of nitrogens with zero attached hydrogens (tertiary/aromatic N) is 3. The number of hydrogen-bond donors (Lipinski definition) is 1. The number of hydrogen-bond acceptors (Lipinski definition) is 4. The van der Waals surface area contributed by atoms with Crippen LogP contribution in [0.2, 0.25) is 0 Å². The molecule has 1 amide bonds. The summed E-state index contributed by atoms with van der Waals surface area (Å²) in [6, 6.07) is 12.3. The van der Waals surface area contributed by atoms with Gasteiger partial charge in [-0.25, -0.2) is 9.97 Å². The molecule has 1 aliphatic heterocycles. The number of rotatable bonds is 3. The van der Waals surface area contributed by atoms with Crippen LogP contribution in [0, 0.1) is 10.5 Å². The van der Waals surface area contributed by atoms with Crippen LogP contribution in [0.1, 0.15) is 42.2 Å². The Labute approximate surface area is 190 Å². The van der Waals surface area contributed by atoms with E-state index in [-0.39, 0.29) is 24.4 Å². The summed E-state index contributed by atoms with van der Waals surface area (Å²) in [5.41, 5.74) is 3.88. The number of carbonyl (C=O) groups excluding carboxylic acids is 1. The molecule has 0 bridgehead atoms. The number of nitrogens with one attached hydrogen (secondary N) is 1. The number of fused-ring (bicyclic) bond motifs is 1. The SMILES string of the molecule is Cc1ccc2c(Nc3ccc(I)cc3)c(C(=O)N3CCCCC3C)cnc2n1.Cl. The van der Waals surface area contributed by atoms with Crippen LogP contribution in [0.25, 0.3) is 11.0 Å². The van der Waals surface area contributed by atoms with E-state index in [1.54, 1.807) is 6.20 Å². The lowest BCUT2D eigenvalue weighted by molar-refractivity contribution is 0.0636. The van der Waals surface area contributed by atoms with Crippen LogP contribution in [0.15, 0.2) is 42.6 Å². The second-order valence-electron chi connectivity index (χ2n) is 7.35. The molecule has 2 aromatic heterocycles. The van der Waals surface area contributed by atoms with Crippen molar-refractivity contribution in [2.75, 3.05) is 11.9 Å². The number of amides is 1. The number of carbonyl (C=O) groups is 1. The molecule has 1 saturated heterocycles. The fourth-order valence-corrected chi connectivity index (χ4v) is 4.06. The lowest BCUT2D eigenvalue weighted by Gasteiger charge is -2.34. The monoisotopic (exact) mass is 522 g/mol. The summed E-state index contributed by atoms with van der Waals surface area (Å²) < 4.78 is 1.17. The van der Waals surface area contributed by atoms with Gasteiger partial charge in [-0.2, -0.15) is 0 Å². The standard InChI is InChI=1S/C22H23IN4O.ClH/c1-14-6-11-18-20(26-17-9-7-16(23)8-10-17)19(13-24-21(18)25-14)22(28)27-12-4-3-5-15(27)2;/h6-11,13,15H,3-5,12H2,1-2H3,(H,24,25,26);1H. The molecule has 0 saturated carbocycles. The topological polar surface area (TPSA) is 58.1 Å². The molecule has 29 heavy (non-hydrogen) atoms. The van der Waals surface area contributed by atoms with Crippen molar-refractivity contribution < 1.29 is 4.79 Å². The van der Waals surface area contributed by atoms with Gasteiger partial charge in [-0.1, -0.05) is 0 Å². The lowest BCUT2D eigenvalue weighted by Crippen LogP contribution is -2.42. The summed E-state index contributed by atoms with van der Waals surface area (Å²) >= 11 is 2.29. The summed E-state index contributed by atoms with van der Waals surface area (Å²) in [4.78, 5) is 24.4. The van der Waals surface area contributed by atoms with Crippen LogP contribution in [0.4, 0.5) is 11.4 Å². The van der Waals surface area contributed by atoms with Crippen molar-refractivity contribution in [3.05, 3.63) is 57.4 Å². The van der Waals surface area contributed by atoms with Crippen LogP contribution in [-0.2, 0) is 0 Å². The molecule has 0 radical (unpaired) electrons. The van der Waals surface area contributed by atoms with E-state index >= 15 is 0 Å². The molecule has 3 aromatic rings. The summed E-state index contributed by atoms with van der Waals surface area (Å²) in [6.07, 6.45) is 4.95. The Balaban J connectivity index is 0.00000240. The Morgan fingerprint density at radius 3 is 2.66 bits per heavy atom. The van der Waals surface area contributed by atoms with Crippen molar-refractivity contribution in [1.29, 1.82) is 0 Å². The van der Waals surface area contributed by atoms with Gasteiger partial charge in [0, 0.05) is 39.1 Å². The first kappa shape index (κ1) is 21.8. The minimum absolute atomic E-state index is 0. The first-order chi connectivity index (χ1) is 13.5. The molecular weight excluding hydrogens is 499 g/mol. The van der Waals surface area contributed by atoms with Gasteiger partial charge in [-0.3, -0.25) is 4.79 Å². The molecule has 152 valence electrons. The average Bonchev–Trinajstić information content (AvgIpc) is 2.69. The Morgan fingerprint density at radius 1 is 1.17 bits per heavy atom. The number of pyridine rings is 2. The number of benzene rings is 1. The van der Waals surface area contributed by atoms with Gasteiger partial charge in [-0.15, -0.1) is 12.4 Å². The Morgan fingerprint density at radius 2 is 1.93 bits per heavy atom. The number of aryl methyl sites for hydroxylation is 1. The Hall–Kier alpha value is -1.93. The van der Waals surface area contributed by atoms with Gasteiger partial charge in [-0.05, 0) is 92.1 Å². The quantitative estimate of drug-likeness (QED) is 0.447. The minimum Gasteiger partial charge on any atom is -0.354 e. The Bertz CT molecular complexity index is 1030. The normalized spacial score (nSPS) is 16.4. The zero-order valence-corrected chi connectivity index (χ0v) is 19.5. The van der Waals surface area contributed by atoms with E-state index in [1.165, 1.54) is 9.99 Å². The fourth-order valence-electron chi connectivity index (χ4n) is 3.70. The molecule has 1 N–H and O–H groups in total. The Kier molecular flexibility index (Phi) is 6.95. The second-order valence-corrected chi connectivity index (χ2v) is 8.59. The highest BCUT2D eigenvalue weighted by Crippen LogP contribution is 2.31. The summed E-state index contributed by atoms with van der Waals surface area (Å²) in [5.74, 6) is 0.0372. The highest BCUT2D eigenvalue weighted by Gasteiger charge is 2.27. The molecule has 1 fully saturated rings. The molecule has 0 aliphatic carbocycles. The highest BCUT2D eigenvalue weighted by atomic mass is 127. The molecule has 7 heteroatoms. The maximum atomic E-state index is 13.4. The summed E-state index contributed by atoms with van der Waals surface area (Å²) in [7, 11) is 0. The molecule has 5 nitrogen and oxygen atoms in total. The van der Waals surface area contributed by atoms with Gasteiger partial charge in [0.1, 0.15) is 0 Å². The predicted molar refractivity (Wildman–Crippen MR) is 128 cm³/mol. The number of piperidine rings is 1. The van der Waals surface area contributed by atoms with Crippen molar-refractivity contribution in [3.63, 3.8) is 0 Å². The maximum absolute atomic E-state index is 13.4. The third kappa shape index (κ3) is 4.64. The summed E-state index contributed by atoms with van der Waals surface area (Å²) in [5, 5.41) is 4.33. The number of likely N-dealkylation sites (tertiary alicyclic amines) is 1. The van der Waals surface area contributed by atoms with Crippen LogP contribution < -0.4 is 5.32 Å². The smallest absolute Gasteiger partial charge is 0.257 e. The fraction of sp³-hybridized carbons (Fsp3) is 0.318. The van der Waals surface area contributed by atoms with Crippen molar-refractivity contribution in [3.8, 4) is 0 Å². The van der Waals surface area contributed by atoms with Crippen LogP contribution in [-0.4, -0.2) is 33.4 Å². The van der Waals surface area contributed by atoms with E-state index in [0.29, 0.717) is 11.2 Å². The van der Waals surface area contributed by atoms with E-state index in [4.69, 9.17) is 0 Å². The van der Waals surface area contributed by atoms with Gasteiger partial charge in [0.05, 0.1) is 11.3 Å². The summed E-state index contributed by atoms with van der Waals surface area (Å²) in [6.45, 7) is 4.87. The maximum Gasteiger partial charge on any atom is 0.257 e. The van der Waals surface area contributed by atoms with Gasteiger partial charge in [0.15, 0.2) is 5.65 Å². The molecule has 0 spiro atoms. The van der Waals surface area contributed by atoms with E-state index in [1.807, 2.05) is 48.2 Å². The molecule has 1 aromatic carbocycles. The number of halogens is 2. The first-order valence-corrected chi connectivity index (χ1v) is 10.7. The zero-order valence-electron chi connectivity index (χ0n) is 16.5. The number of anilines is 2. The van der Waals surface area contributed by atoms with Crippen molar-refractivity contribution in [2.45, 2.75) is 39.2 Å². The molecule has 1 atom stereocenters. The second kappa shape index (κ2) is 9.26. The van der Waals surface area contributed by atoms with Crippen molar-refractivity contribution in [2.24, 2.45) is 0 Å². The zero-order chi connectivity index (χ0) is 19.7. The minimum atomic E-state index is 0. The molecule has 4 rings (SSSR count). The highest BCUT2D eigenvalue weighted by molar-refractivity contribution is 14.1. The van der Waals surface area contributed by atoms with Crippen LogP contribution >= 0.6 is 35.0 Å². The van der Waals surface area contributed by atoms with E-state index in [0.717, 1.165) is 41.8 Å². The van der Waals surface area contributed by atoms with Crippen molar-refractivity contribution in [1.82, 2.24) is 14.9 Å². The van der Waals surface area contributed by atoms with Gasteiger partial charge < -0.3 is 10.2 Å². The van der Waals surface area contributed by atoms with Crippen molar-refractivity contribution >= 4 is 63.3 Å². The number of aromatic nitrogens is 2. The van der Waals surface area contributed by atoms with E-state index in [9.17, 15) is 4.79 Å².